The average molecular weight is 546 g/mol. The van der Waals surface area contributed by atoms with E-state index in [4.69, 9.17) is 22.3 Å². The number of halogens is 1. The maximum atomic E-state index is 6.70. The molecule has 0 radical (unpaired) electrons. The molecule has 0 spiro atoms. The van der Waals surface area contributed by atoms with Crippen LogP contribution < -0.4 is 10.6 Å². The van der Waals surface area contributed by atoms with Crippen LogP contribution in [0.5, 0.6) is 0 Å². The molecular weight excluding hydrogens is 506 g/mol. The van der Waals surface area contributed by atoms with Gasteiger partial charge in [-0.2, -0.15) is 0 Å². The highest BCUT2D eigenvalue weighted by molar-refractivity contribution is 6.33. The molecule has 2 aliphatic rings. The van der Waals surface area contributed by atoms with Crippen molar-refractivity contribution in [3.63, 3.8) is 0 Å². The molecule has 0 bridgehead atoms. The molecule has 3 aromatic rings. The molecule has 2 aromatic heterocycles. The van der Waals surface area contributed by atoms with Gasteiger partial charge >= 0.3 is 0 Å². The van der Waals surface area contributed by atoms with E-state index in [9.17, 15) is 0 Å². The maximum absolute atomic E-state index is 6.70. The van der Waals surface area contributed by atoms with Crippen molar-refractivity contribution in [2.24, 2.45) is 5.73 Å². The van der Waals surface area contributed by atoms with Gasteiger partial charge in [0, 0.05) is 68.0 Å². The van der Waals surface area contributed by atoms with Crippen LogP contribution in [0.25, 0.3) is 11.4 Å². The first kappa shape index (κ1) is 27.7. The average Bonchev–Trinajstić information content (AvgIpc) is 3.48. The van der Waals surface area contributed by atoms with Crippen molar-refractivity contribution < 1.29 is 0 Å². The number of hydrogen-bond acceptors (Lipinski definition) is 6. The summed E-state index contributed by atoms with van der Waals surface area (Å²) in [7, 11) is 0. The Morgan fingerprint density at radius 3 is 2.51 bits per heavy atom. The van der Waals surface area contributed by atoms with E-state index in [1.807, 2.05) is 32.3 Å². The largest absolute Gasteiger partial charge is 0.353 e. The molecule has 7 nitrogen and oxygen atoms in total. The number of aromatic amines is 1. The number of hydrogen-bond donors (Lipinski definition) is 2. The third kappa shape index (κ3) is 7.01. The van der Waals surface area contributed by atoms with Gasteiger partial charge in [-0.25, -0.2) is 9.97 Å². The smallest absolute Gasteiger partial charge is 0.147 e. The molecule has 2 saturated heterocycles. The number of piperazine rings is 1. The Labute approximate surface area is 237 Å². The van der Waals surface area contributed by atoms with Gasteiger partial charge in [0.25, 0.3) is 0 Å². The lowest BCUT2D eigenvalue weighted by molar-refractivity contribution is 0.0610. The van der Waals surface area contributed by atoms with E-state index >= 15 is 0 Å². The second-order valence-electron chi connectivity index (χ2n) is 11.4. The van der Waals surface area contributed by atoms with Gasteiger partial charge in [0.05, 0.1) is 10.6 Å². The van der Waals surface area contributed by atoms with Crippen LogP contribution in [0.3, 0.4) is 0 Å². The number of piperidine rings is 1. The molecule has 0 saturated carbocycles. The molecule has 0 amide bonds. The number of nitrogens with one attached hydrogen (secondary N) is 1. The molecule has 1 aromatic carbocycles. The molecule has 2 fully saturated rings. The Morgan fingerprint density at radius 2 is 1.87 bits per heavy atom. The van der Waals surface area contributed by atoms with Crippen LogP contribution in [0.2, 0.25) is 5.02 Å². The van der Waals surface area contributed by atoms with Crippen molar-refractivity contribution in [2.45, 2.75) is 64.2 Å². The molecule has 0 aliphatic carbocycles. The first-order valence-corrected chi connectivity index (χ1v) is 14.5. The van der Waals surface area contributed by atoms with Gasteiger partial charge in [0.1, 0.15) is 11.6 Å². The third-order valence-corrected chi connectivity index (χ3v) is 8.09. The number of aromatic nitrogens is 3. The second kappa shape index (κ2) is 12.1. The minimum absolute atomic E-state index is 0.470. The summed E-state index contributed by atoms with van der Waals surface area (Å²) in [5.74, 6) is 7.95. The van der Waals surface area contributed by atoms with Crippen molar-refractivity contribution in [1.29, 1.82) is 0 Å². The summed E-state index contributed by atoms with van der Waals surface area (Å²) in [6.07, 6.45) is 8.96. The first-order valence-electron chi connectivity index (χ1n) is 14.1. The fraction of sp³-hybridized carbons (Fsp3) is 0.484. The lowest BCUT2D eigenvalue weighted by atomic mass is 9.97. The Kier molecular flexibility index (Phi) is 8.58. The summed E-state index contributed by atoms with van der Waals surface area (Å²) in [5, 5.41) is 0.684. The highest BCUT2D eigenvalue weighted by Gasteiger charge is 2.34. The van der Waals surface area contributed by atoms with Gasteiger partial charge < -0.3 is 15.6 Å². The number of rotatable bonds is 6. The van der Waals surface area contributed by atoms with Gasteiger partial charge in [0.2, 0.25) is 0 Å². The number of nitrogens with zero attached hydrogens (tertiary/aromatic N) is 5. The molecule has 8 heteroatoms. The second-order valence-corrected chi connectivity index (χ2v) is 11.8. The predicted octanol–water partition coefficient (Wildman–Crippen LogP) is 4.78. The standard InChI is InChI=1S/C31H40ClN7/c1-4-26-22-38(30-28(32)19-25(20-36-30)29-34-13-14-35-29)17-18-39(26)27-10-15-37(16-11-27)21-24-7-5-23(6-8-24)9-12-31(2,3)33/h5-8,13-14,19-20,26-27H,4,10-11,15-18,21-22,33H2,1-3H3,(H,34,35)/t26-/m0/s1. The Hall–Kier alpha value is -2.89. The van der Waals surface area contributed by atoms with E-state index in [0.717, 1.165) is 68.5 Å². The number of benzene rings is 1. The van der Waals surface area contributed by atoms with Crippen LogP contribution in [-0.4, -0.2) is 75.1 Å². The van der Waals surface area contributed by atoms with Crippen LogP contribution in [-0.2, 0) is 6.54 Å². The minimum Gasteiger partial charge on any atom is -0.353 e. The molecule has 2 aliphatic heterocycles. The molecule has 5 rings (SSSR count). The Balaban J connectivity index is 1.14. The number of nitrogens with two attached hydrogens (primary N) is 1. The van der Waals surface area contributed by atoms with Crippen LogP contribution in [0.1, 0.15) is 51.2 Å². The van der Waals surface area contributed by atoms with Crippen LogP contribution in [0, 0.1) is 11.8 Å². The van der Waals surface area contributed by atoms with Crippen molar-refractivity contribution >= 4 is 17.4 Å². The summed E-state index contributed by atoms with van der Waals surface area (Å²) in [6, 6.07) is 11.7. The maximum Gasteiger partial charge on any atom is 0.147 e. The molecule has 39 heavy (non-hydrogen) atoms. The van der Waals surface area contributed by atoms with E-state index in [1.165, 1.54) is 18.4 Å². The topological polar surface area (TPSA) is 77.3 Å². The quantitative estimate of drug-likeness (QED) is 0.434. The van der Waals surface area contributed by atoms with Gasteiger partial charge in [-0.3, -0.25) is 9.80 Å². The molecule has 0 unspecified atom stereocenters. The minimum atomic E-state index is -0.470. The summed E-state index contributed by atoms with van der Waals surface area (Å²) in [5.41, 5.74) is 8.78. The molecular formula is C31H40ClN7. The van der Waals surface area contributed by atoms with Crippen molar-refractivity contribution in [1.82, 2.24) is 24.8 Å². The number of H-pyrrole nitrogens is 1. The molecule has 1 atom stereocenters. The predicted molar refractivity (Wildman–Crippen MR) is 160 cm³/mol. The SMILES string of the molecule is CC[C@H]1CN(c2ncc(-c3ncc[nH]3)cc2Cl)CCN1C1CCN(Cc2ccc(C#CC(C)(C)N)cc2)CC1. The van der Waals surface area contributed by atoms with E-state index in [1.54, 1.807) is 6.20 Å². The van der Waals surface area contributed by atoms with Crippen molar-refractivity contribution in [2.75, 3.05) is 37.6 Å². The monoisotopic (exact) mass is 545 g/mol. The highest BCUT2D eigenvalue weighted by Crippen LogP contribution is 2.31. The zero-order valence-electron chi connectivity index (χ0n) is 23.3. The summed E-state index contributed by atoms with van der Waals surface area (Å²) in [6.45, 7) is 12.4. The Bertz CT molecular complexity index is 1280. The van der Waals surface area contributed by atoms with Crippen LogP contribution >= 0.6 is 11.6 Å². The van der Waals surface area contributed by atoms with Crippen molar-refractivity contribution in [3.8, 4) is 23.2 Å². The van der Waals surface area contributed by atoms with Gasteiger partial charge in [-0.05, 0) is 70.0 Å². The molecule has 3 N–H and O–H groups in total. The summed E-state index contributed by atoms with van der Waals surface area (Å²) in [4.78, 5) is 19.9. The van der Waals surface area contributed by atoms with Gasteiger partial charge in [-0.1, -0.05) is 42.5 Å². The zero-order valence-corrected chi connectivity index (χ0v) is 24.1. The molecule has 206 valence electrons. The van der Waals surface area contributed by atoms with E-state index < -0.39 is 5.54 Å². The fourth-order valence-corrected chi connectivity index (χ4v) is 6.00. The first-order chi connectivity index (χ1) is 18.8. The van der Waals surface area contributed by atoms with Crippen molar-refractivity contribution in [3.05, 3.63) is 65.1 Å². The fourth-order valence-electron chi connectivity index (χ4n) is 5.72. The normalized spacial score (nSPS) is 19.6. The summed E-state index contributed by atoms with van der Waals surface area (Å²) >= 11 is 6.70. The van der Waals surface area contributed by atoms with Gasteiger partial charge in [-0.15, -0.1) is 0 Å². The Morgan fingerprint density at radius 1 is 1.10 bits per heavy atom. The highest BCUT2D eigenvalue weighted by atomic mass is 35.5. The number of pyridine rings is 1. The zero-order chi connectivity index (χ0) is 27.4. The lowest BCUT2D eigenvalue weighted by Gasteiger charge is -2.47. The van der Waals surface area contributed by atoms with Crippen LogP contribution in [0.15, 0.2) is 48.9 Å². The van der Waals surface area contributed by atoms with E-state index in [0.29, 0.717) is 17.1 Å². The summed E-state index contributed by atoms with van der Waals surface area (Å²) < 4.78 is 0. The van der Waals surface area contributed by atoms with Gasteiger partial charge in [0.15, 0.2) is 0 Å². The third-order valence-electron chi connectivity index (χ3n) is 7.81. The number of likely N-dealkylation sites (tertiary alicyclic amines) is 1. The van der Waals surface area contributed by atoms with E-state index in [-0.39, 0.29) is 0 Å². The lowest BCUT2D eigenvalue weighted by Crippen LogP contribution is -2.58. The molecule has 4 heterocycles. The number of anilines is 1. The number of imidazole rings is 1. The van der Waals surface area contributed by atoms with Crippen LogP contribution in [0.4, 0.5) is 5.82 Å². The van der Waals surface area contributed by atoms with E-state index in [2.05, 4.69) is 67.7 Å².